The number of rotatable bonds is 10. The maximum Gasteiger partial charge on any atom is 0.164 e. The van der Waals surface area contributed by atoms with E-state index in [2.05, 4.69) is 125 Å². The summed E-state index contributed by atoms with van der Waals surface area (Å²) >= 11 is 1.84. The Labute approximate surface area is 341 Å². The number of ketones is 1. The smallest absolute Gasteiger partial charge is 0.164 e. The molecule has 0 fully saturated rings. The number of carbonyl (C=O) groups excluding carboxylic acids is 1. The van der Waals surface area contributed by atoms with E-state index in [1.54, 1.807) is 0 Å². The molecule has 3 nitrogen and oxygen atoms in total. The number of fused-ring (bicyclic) bond motifs is 2. The van der Waals surface area contributed by atoms with Crippen LogP contribution in [0.4, 0.5) is 0 Å². The van der Waals surface area contributed by atoms with Crippen LogP contribution in [0.2, 0.25) is 0 Å². The molecule has 54 heavy (non-hydrogen) atoms. The molecule has 1 radical (unpaired) electrons. The van der Waals surface area contributed by atoms with E-state index < -0.39 is 0 Å². The van der Waals surface area contributed by atoms with Crippen LogP contribution in [0.1, 0.15) is 99.1 Å². The molecule has 0 saturated carbocycles. The Morgan fingerprint density at radius 1 is 0.741 bits per heavy atom. The molecule has 0 atom stereocenters. The van der Waals surface area contributed by atoms with Crippen molar-refractivity contribution in [2.75, 3.05) is 0 Å². The molecule has 0 aliphatic heterocycles. The van der Waals surface area contributed by atoms with Crippen molar-refractivity contribution in [2.45, 2.75) is 100 Å². The van der Waals surface area contributed by atoms with Crippen LogP contribution in [0.5, 0.6) is 0 Å². The van der Waals surface area contributed by atoms with Gasteiger partial charge in [0.2, 0.25) is 0 Å². The predicted molar refractivity (Wildman–Crippen MR) is 229 cm³/mol. The first-order valence-electron chi connectivity index (χ1n) is 19.1. The second-order valence-electron chi connectivity index (χ2n) is 15.9. The average Bonchev–Trinajstić information content (AvgIpc) is 3.52. The number of aliphatic hydroxyl groups excluding tert-OH is 1. The Morgan fingerprint density at radius 3 is 1.89 bits per heavy atom. The molecule has 0 spiro atoms. The molecule has 0 saturated heterocycles. The van der Waals surface area contributed by atoms with Crippen LogP contribution in [0.15, 0.2) is 109 Å². The molecule has 6 aromatic rings. The quantitative estimate of drug-likeness (QED) is 0.0846. The number of benzene rings is 4. The van der Waals surface area contributed by atoms with Gasteiger partial charge in [-0.05, 0) is 71.7 Å². The van der Waals surface area contributed by atoms with Crippen molar-refractivity contribution in [3.63, 3.8) is 0 Å². The number of carbonyl (C=O) groups is 1. The number of pyridine rings is 1. The molecule has 2 heterocycles. The summed E-state index contributed by atoms with van der Waals surface area (Å²) in [6, 6.07) is 36.2. The summed E-state index contributed by atoms with van der Waals surface area (Å²) in [5, 5.41) is 13.8. The minimum atomic E-state index is -0.337. The van der Waals surface area contributed by atoms with Crippen molar-refractivity contribution in [2.24, 2.45) is 10.8 Å². The van der Waals surface area contributed by atoms with Gasteiger partial charge in [0.15, 0.2) is 5.78 Å². The molecule has 5 heteroatoms. The summed E-state index contributed by atoms with van der Waals surface area (Å²) in [4.78, 5) is 18.4. The third-order valence-electron chi connectivity index (χ3n) is 11.5. The van der Waals surface area contributed by atoms with Gasteiger partial charge in [0.1, 0.15) is 5.76 Å². The summed E-state index contributed by atoms with van der Waals surface area (Å²) in [6.45, 7) is 21.1. The largest absolute Gasteiger partial charge is 0.512 e. The summed E-state index contributed by atoms with van der Waals surface area (Å²) in [6.07, 6.45) is 6.70. The zero-order valence-electron chi connectivity index (χ0n) is 33.7. The van der Waals surface area contributed by atoms with Gasteiger partial charge in [-0.3, -0.25) is 9.78 Å². The molecule has 0 bridgehead atoms. The summed E-state index contributed by atoms with van der Waals surface area (Å²) in [7, 11) is 0. The number of hydrogen-bond acceptors (Lipinski definition) is 4. The van der Waals surface area contributed by atoms with E-state index in [0.717, 1.165) is 42.3 Å². The van der Waals surface area contributed by atoms with E-state index in [9.17, 15) is 9.90 Å². The van der Waals surface area contributed by atoms with Gasteiger partial charge < -0.3 is 5.11 Å². The van der Waals surface area contributed by atoms with E-state index in [4.69, 9.17) is 4.98 Å². The molecule has 6 rings (SSSR count). The number of allylic oxidation sites excluding steroid dienone is 2. The van der Waals surface area contributed by atoms with Crippen LogP contribution < -0.4 is 0 Å². The van der Waals surface area contributed by atoms with Crippen LogP contribution >= 0.6 is 11.3 Å². The SMILES string of the molecule is CCC(C)(CC)C(=O)/C=C(\O)C(C)(CC)CC.Cc1c(-c2ccc(-c3ccccc3)cc2)sc2c(-c3[c-]c4ccccc4c(C(C)(C)C)c3)nccc12.[Ir]. The number of nitrogens with zero attached hydrogens (tertiary/aromatic N) is 1. The van der Waals surface area contributed by atoms with Gasteiger partial charge in [0, 0.05) is 58.5 Å². The number of hydrogen-bond donors (Lipinski definition) is 1. The maximum absolute atomic E-state index is 12.2. The average molecular weight is 915 g/mol. The van der Waals surface area contributed by atoms with Gasteiger partial charge in [-0.2, -0.15) is 0 Å². The summed E-state index contributed by atoms with van der Waals surface area (Å²) < 4.78 is 1.23. The first-order valence-corrected chi connectivity index (χ1v) is 20.0. The molecule has 0 unspecified atom stereocenters. The maximum atomic E-state index is 12.2. The van der Waals surface area contributed by atoms with Crippen LogP contribution in [0.3, 0.4) is 0 Å². The first-order chi connectivity index (χ1) is 25.2. The van der Waals surface area contributed by atoms with Gasteiger partial charge in [-0.1, -0.05) is 146 Å². The third kappa shape index (κ3) is 8.97. The van der Waals surface area contributed by atoms with Gasteiger partial charge >= 0.3 is 0 Å². The summed E-state index contributed by atoms with van der Waals surface area (Å²) in [5.74, 6) is 0.286. The fraction of sp³-hybridized carbons (Fsp3) is 0.347. The van der Waals surface area contributed by atoms with Gasteiger partial charge in [-0.15, -0.1) is 40.5 Å². The topological polar surface area (TPSA) is 50.2 Å². The normalized spacial score (nSPS) is 12.3. The molecule has 0 amide bonds. The van der Waals surface area contributed by atoms with Crippen LogP contribution in [0.25, 0.3) is 53.7 Å². The fourth-order valence-electron chi connectivity index (χ4n) is 6.72. The van der Waals surface area contributed by atoms with E-state index in [0.29, 0.717) is 0 Å². The Kier molecular flexibility index (Phi) is 14.1. The van der Waals surface area contributed by atoms with Gasteiger partial charge in [0.05, 0.1) is 0 Å². The van der Waals surface area contributed by atoms with E-state index in [1.807, 2.05) is 59.1 Å². The molecular weight excluding hydrogens is 859 g/mol. The molecule has 285 valence electrons. The van der Waals surface area contributed by atoms with Gasteiger partial charge in [0.25, 0.3) is 0 Å². The van der Waals surface area contributed by atoms with Crippen LogP contribution in [-0.2, 0) is 30.3 Å². The van der Waals surface area contributed by atoms with Crippen LogP contribution in [-0.4, -0.2) is 15.9 Å². The van der Waals surface area contributed by atoms with Crippen molar-refractivity contribution in [3.8, 4) is 32.8 Å². The number of thiophene rings is 1. The molecule has 0 aliphatic carbocycles. The minimum absolute atomic E-state index is 0. The number of aryl methyl sites for hydroxylation is 1. The number of aromatic nitrogens is 1. The molecule has 0 aliphatic rings. The molecule has 4 aromatic carbocycles. The summed E-state index contributed by atoms with van der Waals surface area (Å²) in [5.41, 5.74) is 7.87. The standard InChI is InChI=1S/C34H28NS.C15H28O2.Ir/c1-22-28-18-19-35-31(27-20-26-12-8-9-13-29(26)30(21-27)34(2,3)4)33(28)36-32(22)25-16-14-24(15-17-25)23-10-6-5-7-11-23;1-7-14(5,8-2)12(16)11-13(17)15(6,9-3)10-4;/h5-19,21H,1-4H3;11,16H,7-10H2,1-6H3;/q-1;;/b;12-11-;. The predicted octanol–water partition coefficient (Wildman–Crippen LogP) is 14.5. The number of aliphatic hydroxyl groups is 1. The van der Waals surface area contributed by atoms with Crippen molar-refractivity contribution in [1.29, 1.82) is 0 Å². The van der Waals surface area contributed by atoms with E-state index in [1.165, 1.54) is 54.2 Å². The first kappa shape index (κ1) is 42.8. The fourth-order valence-corrected chi connectivity index (χ4v) is 8.03. The Morgan fingerprint density at radius 2 is 1.30 bits per heavy atom. The van der Waals surface area contributed by atoms with Crippen molar-refractivity contribution >= 4 is 38.0 Å². The Bertz CT molecular complexity index is 2220. The van der Waals surface area contributed by atoms with Crippen molar-refractivity contribution in [1.82, 2.24) is 4.98 Å². The Balaban J connectivity index is 0.000000309. The minimum Gasteiger partial charge on any atom is -0.512 e. The van der Waals surface area contributed by atoms with Crippen molar-refractivity contribution < 1.29 is 30.0 Å². The third-order valence-corrected chi connectivity index (χ3v) is 12.9. The van der Waals surface area contributed by atoms with E-state index >= 15 is 0 Å². The monoisotopic (exact) mass is 915 g/mol. The second kappa shape index (κ2) is 17.7. The Hall–Kier alpha value is -3.89. The molecule has 1 N–H and O–H groups in total. The van der Waals surface area contributed by atoms with Crippen LogP contribution in [0, 0.1) is 23.8 Å². The molecular formula is C49H56IrNO2S-. The van der Waals surface area contributed by atoms with E-state index in [-0.39, 0.29) is 47.9 Å². The zero-order chi connectivity index (χ0) is 38.6. The molecule has 2 aromatic heterocycles. The zero-order valence-corrected chi connectivity index (χ0v) is 36.9. The second-order valence-corrected chi connectivity index (χ2v) is 16.9. The van der Waals surface area contributed by atoms with Crippen molar-refractivity contribution in [3.05, 3.63) is 126 Å². The van der Waals surface area contributed by atoms with Gasteiger partial charge in [-0.25, -0.2) is 0 Å².